The van der Waals surface area contributed by atoms with Crippen LogP contribution in [-0.2, 0) is 0 Å². The first kappa shape index (κ1) is 9.89. The van der Waals surface area contributed by atoms with E-state index in [2.05, 4.69) is 14.9 Å². The van der Waals surface area contributed by atoms with E-state index in [1.165, 1.54) is 0 Å². The lowest BCUT2D eigenvalue weighted by Crippen LogP contribution is -2.41. The van der Waals surface area contributed by atoms with Crippen molar-refractivity contribution < 1.29 is 0 Å². The predicted octanol–water partition coefficient (Wildman–Crippen LogP) is 0.629. The summed E-state index contributed by atoms with van der Waals surface area (Å²) in [5.41, 5.74) is 5.53. The van der Waals surface area contributed by atoms with Crippen LogP contribution in [0.3, 0.4) is 0 Å². The van der Waals surface area contributed by atoms with Gasteiger partial charge in [0.05, 0.1) is 5.84 Å². The van der Waals surface area contributed by atoms with Gasteiger partial charge in [0.15, 0.2) is 0 Å². The van der Waals surface area contributed by atoms with Crippen LogP contribution >= 0.6 is 0 Å². The van der Waals surface area contributed by atoms with Crippen molar-refractivity contribution in [3.05, 3.63) is 18.6 Å². The third kappa shape index (κ3) is 2.23. The maximum atomic E-state index is 7.46. The van der Waals surface area contributed by atoms with Crippen LogP contribution < -0.4 is 10.6 Å². The zero-order valence-corrected chi connectivity index (χ0v) is 8.56. The fraction of sp³-hybridized carbons (Fsp3) is 0.500. The Morgan fingerprint density at radius 2 is 2.47 bits per heavy atom. The molecule has 1 fully saturated rings. The third-order valence-corrected chi connectivity index (χ3v) is 2.75. The maximum absolute atomic E-state index is 7.46. The molecule has 2 heterocycles. The second-order valence-corrected chi connectivity index (χ2v) is 3.81. The minimum absolute atomic E-state index is 0.175. The van der Waals surface area contributed by atoms with Crippen molar-refractivity contribution >= 4 is 11.7 Å². The summed E-state index contributed by atoms with van der Waals surface area (Å²) in [6, 6.07) is 1.89. The number of aromatic nitrogens is 2. The molecule has 1 aliphatic heterocycles. The highest BCUT2D eigenvalue weighted by Gasteiger charge is 2.22. The summed E-state index contributed by atoms with van der Waals surface area (Å²) >= 11 is 0. The number of amidine groups is 1. The lowest BCUT2D eigenvalue weighted by molar-refractivity contribution is 0.500. The Morgan fingerprint density at radius 1 is 1.60 bits per heavy atom. The van der Waals surface area contributed by atoms with E-state index in [9.17, 15) is 0 Å². The molecule has 0 bridgehead atoms. The molecule has 0 aromatic carbocycles. The van der Waals surface area contributed by atoms with Crippen molar-refractivity contribution in [2.45, 2.75) is 12.8 Å². The van der Waals surface area contributed by atoms with Crippen LogP contribution in [0.2, 0.25) is 0 Å². The molecule has 1 aromatic heterocycles. The Kier molecular flexibility index (Phi) is 2.80. The Labute approximate surface area is 88.8 Å². The fourth-order valence-electron chi connectivity index (χ4n) is 1.91. The Bertz CT molecular complexity index is 337. The van der Waals surface area contributed by atoms with Crippen molar-refractivity contribution in [1.29, 1.82) is 5.41 Å². The van der Waals surface area contributed by atoms with Crippen molar-refractivity contribution in [3.8, 4) is 0 Å². The van der Waals surface area contributed by atoms with Crippen LogP contribution in [-0.4, -0.2) is 28.9 Å². The largest absolute Gasteiger partial charge is 0.387 e. The van der Waals surface area contributed by atoms with E-state index in [1.807, 2.05) is 6.07 Å². The van der Waals surface area contributed by atoms with E-state index < -0.39 is 0 Å². The van der Waals surface area contributed by atoms with Gasteiger partial charge in [-0.2, -0.15) is 0 Å². The Balaban J connectivity index is 2.08. The molecule has 0 saturated carbocycles. The summed E-state index contributed by atoms with van der Waals surface area (Å²) in [5.74, 6) is 1.39. The zero-order chi connectivity index (χ0) is 10.7. The molecule has 1 atom stereocenters. The molecule has 0 amide bonds. The number of nitrogens with zero attached hydrogens (tertiary/aromatic N) is 3. The van der Waals surface area contributed by atoms with E-state index in [0.717, 1.165) is 31.7 Å². The lowest BCUT2D eigenvalue weighted by Gasteiger charge is -2.32. The summed E-state index contributed by atoms with van der Waals surface area (Å²) < 4.78 is 0. The number of nitrogens with one attached hydrogen (secondary N) is 1. The lowest BCUT2D eigenvalue weighted by atomic mass is 9.97. The van der Waals surface area contributed by atoms with Gasteiger partial charge in [-0.3, -0.25) is 5.41 Å². The SMILES string of the molecule is N=C(N)C1CCCN(c2ccncn2)C1. The highest BCUT2D eigenvalue weighted by atomic mass is 15.2. The van der Waals surface area contributed by atoms with E-state index in [-0.39, 0.29) is 11.8 Å². The van der Waals surface area contributed by atoms with Gasteiger partial charge in [-0.1, -0.05) is 0 Å². The van der Waals surface area contributed by atoms with Crippen LogP contribution in [0.25, 0.3) is 0 Å². The summed E-state index contributed by atoms with van der Waals surface area (Å²) in [7, 11) is 0. The van der Waals surface area contributed by atoms with Gasteiger partial charge in [-0.25, -0.2) is 9.97 Å². The highest BCUT2D eigenvalue weighted by Crippen LogP contribution is 2.20. The van der Waals surface area contributed by atoms with Crippen LogP contribution in [0.4, 0.5) is 5.82 Å². The van der Waals surface area contributed by atoms with Gasteiger partial charge >= 0.3 is 0 Å². The molecule has 0 spiro atoms. The zero-order valence-electron chi connectivity index (χ0n) is 8.56. The molecule has 1 aliphatic rings. The van der Waals surface area contributed by atoms with E-state index in [1.54, 1.807) is 12.5 Å². The monoisotopic (exact) mass is 205 g/mol. The van der Waals surface area contributed by atoms with Crippen LogP contribution in [0, 0.1) is 11.3 Å². The quantitative estimate of drug-likeness (QED) is 0.548. The first-order valence-corrected chi connectivity index (χ1v) is 5.12. The molecule has 15 heavy (non-hydrogen) atoms. The first-order chi connectivity index (χ1) is 7.27. The van der Waals surface area contributed by atoms with Crippen LogP contribution in [0.1, 0.15) is 12.8 Å². The van der Waals surface area contributed by atoms with E-state index in [0.29, 0.717) is 0 Å². The van der Waals surface area contributed by atoms with E-state index in [4.69, 9.17) is 11.1 Å². The first-order valence-electron chi connectivity index (χ1n) is 5.12. The van der Waals surface area contributed by atoms with Gasteiger partial charge in [0.2, 0.25) is 0 Å². The average Bonchev–Trinajstić information content (AvgIpc) is 2.30. The van der Waals surface area contributed by atoms with Crippen molar-refractivity contribution in [3.63, 3.8) is 0 Å². The van der Waals surface area contributed by atoms with Crippen molar-refractivity contribution in [2.24, 2.45) is 11.7 Å². The number of nitrogens with two attached hydrogens (primary N) is 1. The topological polar surface area (TPSA) is 78.9 Å². The minimum Gasteiger partial charge on any atom is -0.387 e. The highest BCUT2D eigenvalue weighted by molar-refractivity contribution is 5.80. The second-order valence-electron chi connectivity index (χ2n) is 3.81. The van der Waals surface area contributed by atoms with Crippen molar-refractivity contribution in [1.82, 2.24) is 9.97 Å². The van der Waals surface area contributed by atoms with Gasteiger partial charge in [0.1, 0.15) is 12.1 Å². The fourth-order valence-corrected chi connectivity index (χ4v) is 1.91. The van der Waals surface area contributed by atoms with Gasteiger partial charge < -0.3 is 10.6 Å². The average molecular weight is 205 g/mol. The summed E-state index contributed by atoms with van der Waals surface area (Å²) in [5, 5.41) is 7.46. The Hall–Kier alpha value is -1.65. The second kappa shape index (κ2) is 4.25. The van der Waals surface area contributed by atoms with Crippen LogP contribution in [0.15, 0.2) is 18.6 Å². The standard InChI is InChI=1S/C10H15N5/c11-10(12)8-2-1-5-15(6-8)9-3-4-13-7-14-9/h3-4,7-8H,1-2,5-6H2,(H3,11,12). The minimum atomic E-state index is 0.175. The molecule has 1 unspecified atom stereocenters. The van der Waals surface area contributed by atoms with Gasteiger partial charge in [0, 0.05) is 25.2 Å². The summed E-state index contributed by atoms with van der Waals surface area (Å²) in [4.78, 5) is 10.3. The van der Waals surface area contributed by atoms with E-state index >= 15 is 0 Å². The van der Waals surface area contributed by atoms with Crippen molar-refractivity contribution in [2.75, 3.05) is 18.0 Å². The number of piperidine rings is 1. The summed E-state index contributed by atoms with van der Waals surface area (Å²) in [6.45, 7) is 1.78. The molecule has 5 heteroatoms. The third-order valence-electron chi connectivity index (χ3n) is 2.75. The normalized spacial score (nSPS) is 21.3. The number of hydrogen-bond acceptors (Lipinski definition) is 4. The van der Waals surface area contributed by atoms with Gasteiger partial charge in [-0.05, 0) is 18.9 Å². The van der Waals surface area contributed by atoms with Crippen LogP contribution in [0.5, 0.6) is 0 Å². The Morgan fingerprint density at radius 3 is 3.13 bits per heavy atom. The molecule has 5 nitrogen and oxygen atoms in total. The number of rotatable bonds is 2. The smallest absolute Gasteiger partial charge is 0.131 e. The summed E-state index contributed by atoms with van der Waals surface area (Å²) in [6.07, 6.45) is 5.36. The number of hydrogen-bond donors (Lipinski definition) is 2. The molecule has 3 N–H and O–H groups in total. The molecule has 1 aromatic rings. The van der Waals surface area contributed by atoms with Gasteiger partial charge in [-0.15, -0.1) is 0 Å². The predicted molar refractivity (Wildman–Crippen MR) is 58.9 cm³/mol. The molecule has 1 saturated heterocycles. The molecule has 2 rings (SSSR count). The molecule has 0 radical (unpaired) electrons. The molecular formula is C10H15N5. The molecular weight excluding hydrogens is 190 g/mol. The van der Waals surface area contributed by atoms with Gasteiger partial charge in [0.25, 0.3) is 0 Å². The maximum Gasteiger partial charge on any atom is 0.131 e. The molecule has 0 aliphatic carbocycles. The molecule has 80 valence electrons. The number of anilines is 1.